The number of anilines is 1. The summed E-state index contributed by atoms with van der Waals surface area (Å²) in [6.07, 6.45) is 4.51. The van der Waals surface area contributed by atoms with Gasteiger partial charge in [-0.3, -0.25) is 19.5 Å². The molecule has 31 heavy (non-hydrogen) atoms. The van der Waals surface area contributed by atoms with Gasteiger partial charge in [0, 0.05) is 37.1 Å². The number of pyridine rings is 1. The number of alkyl halides is 1. The number of aromatic nitrogens is 1. The van der Waals surface area contributed by atoms with Crippen LogP contribution >= 0.6 is 0 Å². The summed E-state index contributed by atoms with van der Waals surface area (Å²) in [4.78, 5) is 33.2. The molecule has 2 aromatic rings. The van der Waals surface area contributed by atoms with Crippen molar-refractivity contribution < 1.29 is 14.0 Å². The van der Waals surface area contributed by atoms with E-state index in [1.807, 2.05) is 37.3 Å². The van der Waals surface area contributed by atoms with Crippen LogP contribution in [-0.2, 0) is 11.3 Å². The van der Waals surface area contributed by atoms with Crippen LogP contribution in [-0.4, -0.2) is 58.9 Å². The molecule has 0 saturated carbocycles. The van der Waals surface area contributed by atoms with Crippen LogP contribution in [0.1, 0.15) is 40.7 Å². The number of carbonyl (C=O) groups is 2. The smallest absolute Gasteiger partial charge is 0.257 e. The van der Waals surface area contributed by atoms with Crippen LogP contribution in [0.4, 0.5) is 10.1 Å². The van der Waals surface area contributed by atoms with Crippen LogP contribution in [0, 0.1) is 12.8 Å². The van der Waals surface area contributed by atoms with Gasteiger partial charge in [0.15, 0.2) is 0 Å². The van der Waals surface area contributed by atoms with Crippen LogP contribution in [0.2, 0.25) is 0 Å². The average Bonchev–Trinajstić information content (AvgIpc) is 3.20. The fraction of sp³-hybridized carbons (Fsp3) is 0.458. The number of hydrogen-bond donors (Lipinski definition) is 1. The zero-order valence-electron chi connectivity index (χ0n) is 17.9. The lowest BCUT2D eigenvalue weighted by molar-refractivity contribution is -0.136. The predicted octanol–water partition coefficient (Wildman–Crippen LogP) is 3.42. The average molecular weight is 425 g/mol. The molecule has 0 spiro atoms. The zero-order valence-corrected chi connectivity index (χ0v) is 17.9. The maximum Gasteiger partial charge on any atom is 0.257 e. The lowest BCUT2D eigenvalue weighted by Gasteiger charge is -2.33. The minimum atomic E-state index is -0.862. The van der Waals surface area contributed by atoms with E-state index in [0.29, 0.717) is 18.5 Å². The molecule has 2 aliphatic rings. The third-order valence-electron chi connectivity index (χ3n) is 6.11. The van der Waals surface area contributed by atoms with E-state index in [4.69, 9.17) is 0 Å². The van der Waals surface area contributed by atoms with E-state index in [2.05, 4.69) is 15.2 Å². The molecule has 1 aromatic heterocycles. The van der Waals surface area contributed by atoms with Crippen molar-refractivity contribution in [2.24, 2.45) is 5.92 Å². The van der Waals surface area contributed by atoms with Crippen molar-refractivity contribution in [1.82, 2.24) is 14.8 Å². The van der Waals surface area contributed by atoms with Gasteiger partial charge in [0.2, 0.25) is 5.91 Å². The number of halogens is 1. The molecule has 1 atom stereocenters. The fourth-order valence-corrected chi connectivity index (χ4v) is 4.40. The molecule has 0 aliphatic carbocycles. The summed E-state index contributed by atoms with van der Waals surface area (Å²) in [6, 6.07) is 9.67. The molecule has 2 saturated heterocycles. The molecule has 164 valence electrons. The maximum absolute atomic E-state index is 13.4. The van der Waals surface area contributed by atoms with Gasteiger partial charge in [-0.1, -0.05) is 12.1 Å². The molecule has 4 rings (SSSR count). The van der Waals surface area contributed by atoms with Gasteiger partial charge in [-0.2, -0.15) is 0 Å². The van der Waals surface area contributed by atoms with Crippen molar-refractivity contribution in [3.63, 3.8) is 0 Å². The molecule has 1 aromatic carbocycles. The minimum Gasteiger partial charge on any atom is -0.339 e. The molecule has 0 unspecified atom stereocenters. The van der Waals surface area contributed by atoms with Gasteiger partial charge in [0.1, 0.15) is 6.17 Å². The number of carbonyl (C=O) groups excluding carboxylic acids is 2. The normalized spacial score (nSPS) is 20.1. The quantitative estimate of drug-likeness (QED) is 0.799. The van der Waals surface area contributed by atoms with Gasteiger partial charge in [-0.15, -0.1) is 0 Å². The molecule has 2 fully saturated rings. The lowest BCUT2D eigenvalue weighted by Crippen LogP contribution is -2.41. The van der Waals surface area contributed by atoms with E-state index >= 15 is 0 Å². The Balaban J connectivity index is 1.29. The van der Waals surface area contributed by atoms with Crippen molar-refractivity contribution >= 4 is 17.5 Å². The Morgan fingerprint density at radius 2 is 1.94 bits per heavy atom. The molecule has 7 heteroatoms. The number of piperidine rings is 1. The number of nitrogens with zero attached hydrogens (tertiary/aromatic N) is 3. The molecule has 0 bridgehead atoms. The molecule has 6 nitrogen and oxygen atoms in total. The summed E-state index contributed by atoms with van der Waals surface area (Å²) in [6.45, 7) is 5.17. The Labute approximate surface area is 182 Å². The maximum atomic E-state index is 13.4. The molecule has 1 N–H and O–H groups in total. The van der Waals surface area contributed by atoms with Crippen molar-refractivity contribution in [3.8, 4) is 0 Å². The zero-order chi connectivity index (χ0) is 21.8. The third kappa shape index (κ3) is 5.47. The summed E-state index contributed by atoms with van der Waals surface area (Å²) < 4.78 is 13.4. The summed E-state index contributed by atoms with van der Waals surface area (Å²) in [5.74, 6) is -0.0460. The Bertz CT molecular complexity index is 943. The molecule has 0 radical (unpaired) electrons. The molecule has 2 amide bonds. The third-order valence-corrected chi connectivity index (χ3v) is 6.11. The van der Waals surface area contributed by atoms with Gasteiger partial charge in [-0.05, 0) is 68.6 Å². The molecular formula is C24H29FN4O2. The lowest BCUT2D eigenvalue weighted by atomic mass is 9.95. The summed E-state index contributed by atoms with van der Waals surface area (Å²) in [5, 5.41) is 2.94. The highest BCUT2D eigenvalue weighted by atomic mass is 19.1. The summed E-state index contributed by atoms with van der Waals surface area (Å²) >= 11 is 0. The second-order valence-corrected chi connectivity index (χ2v) is 8.63. The standard InChI is InChI=1S/C24H29FN4O2/c1-17-11-20(14-26-13-17)23(30)27-22-4-2-3-18(12-22)15-28-8-5-19(6-9-28)24(31)29-10-7-21(25)16-29/h2-4,11-14,19,21H,5-10,15-16H2,1H3,(H,27,30)/t21-/m1/s1. The van der Waals surface area contributed by atoms with Crippen molar-refractivity contribution in [2.45, 2.75) is 38.9 Å². The number of nitrogens with one attached hydrogen (secondary N) is 1. The van der Waals surface area contributed by atoms with Crippen LogP contribution in [0.5, 0.6) is 0 Å². The Morgan fingerprint density at radius 1 is 1.13 bits per heavy atom. The number of aryl methyl sites for hydroxylation is 1. The topological polar surface area (TPSA) is 65.5 Å². The second kappa shape index (κ2) is 9.56. The van der Waals surface area contributed by atoms with Crippen LogP contribution in [0.15, 0.2) is 42.7 Å². The molecule has 3 heterocycles. The van der Waals surface area contributed by atoms with Crippen LogP contribution in [0.25, 0.3) is 0 Å². The van der Waals surface area contributed by atoms with Gasteiger partial charge < -0.3 is 10.2 Å². The number of benzene rings is 1. The first-order valence-corrected chi connectivity index (χ1v) is 10.9. The first-order valence-electron chi connectivity index (χ1n) is 10.9. The van der Waals surface area contributed by atoms with E-state index in [9.17, 15) is 14.0 Å². The minimum absolute atomic E-state index is 0.00936. The monoisotopic (exact) mass is 424 g/mol. The molecule has 2 aliphatic heterocycles. The van der Waals surface area contributed by atoms with Crippen LogP contribution < -0.4 is 5.32 Å². The number of hydrogen-bond acceptors (Lipinski definition) is 4. The fourth-order valence-electron chi connectivity index (χ4n) is 4.40. The van der Waals surface area contributed by atoms with Gasteiger partial charge in [0.05, 0.1) is 12.1 Å². The largest absolute Gasteiger partial charge is 0.339 e. The van der Waals surface area contributed by atoms with E-state index in [-0.39, 0.29) is 24.3 Å². The van der Waals surface area contributed by atoms with E-state index in [1.54, 1.807) is 17.3 Å². The first-order chi connectivity index (χ1) is 15.0. The number of amides is 2. The van der Waals surface area contributed by atoms with E-state index in [0.717, 1.165) is 49.3 Å². The van der Waals surface area contributed by atoms with Crippen LogP contribution in [0.3, 0.4) is 0 Å². The Morgan fingerprint density at radius 3 is 2.65 bits per heavy atom. The SMILES string of the molecule is Cc1cncc(C(=O)Nc2cccc(CN3CCC(C(=O)N4CC[C@@H](F)C4)CC3)c2)c1. The highest BCUT2D eigenvalue weighted by Gasteiger charge is 2.32. The van der Waals surface area contributed by atoms with Gasteiger partial charge >= 0.3 is 0 Å². The molecular weight excluding hydrogens is 395 g/mol. The van der Waals surface area contributed by atoms with E-state index in [1.165, 1.54) is 0 Å². The van der Waals surface area contributed by atoms with Gasteiger partial charge in [-0.25, -0.2) is 4.39 Å². The highest BCUT2D eigenvalue weighted by Crippen LogP contribution is 2.24. The number of likely N-dealkylation sites (tertiary alicyclic amines) is 2. The predicted molar refractivity (Wildman–Crippen MR) is 117 cm³/mol. The van der Waals surface area contributed by atoms with E-state index < -0.39 is 6.17 Å². The highest BCUT2D eigenvalue weighted by molar-refractivity contribution is 6.04. The summed E-state index contributed by atoms with van der Waals surface area (Å²) in [5.41, 5.74) is 3.35. The number of rotatable bonds is 5. The second-order valence-electron chi connectivity index (χ2n) is 8.63. The van der Waals surface area contributed by atoms with Gasteiger partial charge in [0.25, 0.3) is 5.91 Å². The van der Waals surface area contributed by atoms with Crippen molar-refractivity contribution in [3.05, 3.63) is 59.4 Å². The Kier molecular flexibility index (Phi) is 6.61. The summed E-state index contributed by atoms with van der Waals surface area (Å²) in [7, 11) is 0. The van der Waals surface area contributed by atoms with Crippen molar-refractivity contribution in [2.75, 3.05) is 31.5 Å². The van der Waals surface area contributed by atoms with Crippen molar-refractivity contribution in [1.29, 1.82) is 0 Å². The first kappa shape index (κ1) is 21.4. The Hall–Kier alpha value is -2.80.